The Morgan fingerprint density at radius 1 is 1.38 bits per heavy atom. The molecule has 0 spiro atoms. The number of thiophene rings is 1. The highest BCUT2D eigenvalue weighted by Crippen LogP contribution is 2.07. The highest BCUT2D eigenvalue weighted by Gasteiger charge is 2.23. The van der Waals surface area contributed by atoms with E-state index in [2.05, 4.69) is 0 Å². The number of hydrogen-bond acceptors (Lipinski definition) is 5. The highest BCUT2D eigenvalue weighted by molar-refractivity contribution is 7.09. The standard InChI is InChI=1S/C16H22N4O3S/c1-4-7-20-14(17)13(15(22)19(3)16(20)23)12(21)10-18(2)9-11-6-5-8-24-11/h5-6,8H,4,7,9-10,17H2,1-3H3/p+1. The van der Waals surface area contributed by atoms with Gasteiger partial charge in [-0.3, -0.25) is 18.7 Å². The number of carbonyl (C=O) groups is 1. The first-order chi connectivity index (χ1) is 11.4. The molecule has 130 valence electrons. The molecule has 8 heteroatoms. The number of hydrogen-bond donors (Lipinski definition) is 2. The van der Waals surface area contributed by atoms with E-state index in [1.807, 2.05) is 31.5 Å². The topological polar surface area (TPSA) is 91.5 Å². The van der Waals surface area contributed by atoms with E-state index in [-0.39, 0.29) is 23.7 Å². The summed E-state index contributed by atoms with van der Waals surface area (Å²) in [5.74, 6) is -0.370. The predicted molar refractivity (Wildman–Crippen MR) is 94.8 cm³/mol. The van der Waals surface area contributed by atoms with Crippen molar-refractivity contribution in [1.29, 1.82) is 0 Å². The van der Waals surface area contributed by atoms with Gasteiger partial charge in [0.05, 0.1) is 11.9 Å². The van der Waals surface area contributed by atoms with Crippen molar-refractivity contribution in [1.82, 2.24) is 9.13 Å². The molecule has 0 aromatic carbocycles. The zero-order valence-electron chi connectivity index (χ0n) is 14.2. The van der Waals surface area contributed by atoms with Crippen LogP contribution in [0, 0.1) is 0 Å². The van der Waals surface area contributed by atoms with Gasteiger partial charge in [0.1, 0.15) is 24.5 Å². The number of nitrogens with zero attached hydrogens (tertiary/aromatic N) is 2. The molecule has 0 saturated heterocycles. The lowest BCUT2D eigenvalue weighted by molar-refractivity contribution is -0.884. The second-order valence-corrected chi connectivity index (χ2v) is 6.90. The number of nitrogens with two attached hydrogens (primary N) is 1. The minimum Gasteiger partial charge on any atom is -0.384 e. The molecule has 0 bridgehead atoms. The SMILES string of the molecule is CCCn1c(N)c(C(=O)C[NH+](C)Cc2cccs2)c(=O)n(C)c1=O. The number of aromatic nitrogens is 2. The van der Waals surface area contributed by atoms with Crippen molar-refractivity contribution >= 4 is 22.9 Å². The molecule has 0 aliphatic rings. The van der Waals surface area contributed by atoms with Crippen molar-refractivity contribution in [3.8, 4) is 0 Å². The number of likely N-dealkylation sites (N-methyl/N-ethyl adjacent to an activating group) is 1. The van der Waals surface area contributed by atoms with Crippen molar-refractivity contribution in [3.05, 3.63) is 48.8 Å². The normalized spacial score (nSPS) is 12.3. The Balaban J connectivity index is 2.32. The summed E-state index contributed by atoms with van der Waals surface area (Å²) in [4.78, 5) is 39.2. The molecule has 0 saturated carbocycles. The molecule has 0 amide bonds. The third kappa shape index (κ3) is 3.65. The van der Waals surface area contributed by atoms with Gasteiger partial charge in [0.15, 0.2) is 0 Å². The van der Waals surface area contributed by atoms with Crippen molar-refractivity contribution in [2.45, 2.75) is 26.4 Å². The number of carbonyl (C=O) groups excluding carboxylic acids is 1. The summed E-state index contributed by atoms with van der Waals surface area (Å²) < 4.78 is 2.25. The fourth-order valence-electron chi connectivity index (χ4n) is 2.62. The van der Waals surface area contributed by atoms with Gasteiger partial charge >= 0.3 is 5.69 Å². The van der Waals surface area contributed by atoms with Crippen LogP contribution in [-0.4, -0.2) is 28.5 Å². The van der Waals surface area contributed by atoms with E-state index in [4.69, 9.17) is 5.73 Å². The Morgan fingerprint density at radius 2 is 2.08 bits per heavy atom. The quantitative estimate of drug-likeness (QED) is 0.658. The lowest BCUT2D eigenvalue weighted by Gasteiger charge is -2.16. The smallest absolute Gasteiger partial charge is 0.332 e. The van der Waals surface area contributed by atoms with Gasteiger partial charge in [-0.05, 0) is 17.9 Å². The van der Waals surface area contributed by atoms with E-state index in [1.165, 1.54) is 11.6 Å². The molecular formula is C16H23N4O3S+. The van der Waals surface area contributed by atoms with Crippen molar-refractivity contribution in [2.75, 3.05) is 19.3 Å². The van der Waals surface area contributed by atoms with E-state index >= 15 is 0 Å². The second kappa shape index (κ2) is 7.59. The number of quaternary nitrogens is 1. The second-order valence-electron chi connectivity index (χ2n) is 5.87. The number of Topliss-reactive ketones (excluding diaryl/α,β-unsaturated/α-hetero) is 1. The van der Waals surface area contributed by atoms with E-state index in [1.54, 1.807) is 11.3 Å². The van der Waals surface area contributed by atoms with E-state index in [0.29, 0.717) is 19.5 Å². The molecule has 1 atom stereocenters. The van der Waals surface area contributed by atoms with E-state index in [0.717, 1.165) is 14.3 Å². The van der Waals surface area contributed by atoms with E-state index in [9.17, 15) is 14.4 Å². The summed E-state index contributed by atoms with van der Waals surface area (Å²) in [5, 5.41) is 1.98. The average Bonchev–Trinajstić information content (AvgIpc) is 3.02. The summed E-state index contributed by atoms with van der Waals surface area (Å²) in [7, 11) is 3.26. The van der Waals surface area contributed by atoms with Crippen LogP contribution in [0.5, 0.6) is 0 Å². The molecule has 2 rings (SSSR count). The van der Waals surface area contributed by atoms with Crippen LogP contribution < -0.4 is 21.9 Å². The molecule has 0 aliphatic heterocycles. The van der Waals surface area contributed by atoms with Gasteiger partial charge in [0.25, 0.3) is 5.56 Å². The van der Waals surface area contributed by atoms with Crippen LogP contribution in [0.15, 0.2) is 27.1 Å². The van der Waals surface area contributed by atoms with Gasteiger partial charge in [-0.25, -0.2) is 4.79 Å². The highest BCUT2D eigenvalue weighted by atomic mass is 32.1. The maximum Gasteiger partial charge on any atom is 0.332 e. The van der Waals surface area contributed by atoms with Crippen molar-refractivity contribution < 1.29 is 9.69 Å². The average molecular weight is 351 g/mol. The summed E-state index contributed by atoms with van der Waals surface area (Å²) >= 11 is 1.63. The fraction of sp³-hybridized carbons (Fsp3) is 0.438. The molecule has 0 fully saturated rings. The zero-order chi connectivity index (χ0) is 17.9. The molecule has 7 nitrogen and oxygen atoms in total. The maximum absolute atomic E-state index is 12.6. The van der Waals surface area contributed by atoms with Crippen LogP contribution in [0.1, 0.15) is 28.6 Å². The molecule has 2 aromatic heterocycles. The minimum absolute atomic E-state index is 0.0288. The minimum atomic E-state index is -0.626. The first kappa shape index (κ1) is 18.2. The zero-order valence-corrected chi connectivity index (χ0v) is 15.0. The molecule has 0 aliphatic carbocycles. The van der Waals surface area contributed by atoms with Crippen molar-refractivity contribution in [3.63, 3.8) is 0 Å². The van der Waals surface area contributed by atoms with Gasteiger partial charge < -0.3 is 10.6 Å². The van der Waals surface area contributed by atoms with Crippen LogP contribution in [0.4, 0.5) is 5.82 Å². The van der Waals surface area contributed by atoms with E-state index < -0.39 is 11.2 Å². The molecular weight excluding hydrogens is 328 g/mol. The molecule has 2 aromatic rings. The lowest BCUT2D eigenvalue weighted by Crippen LogP contribution is -3.08. The third-order valence-electron chi connectivity index (χ3n) is 3.83. The van der Waals surface area contributed by atoms with Gasteiger partial charge in [-0.15, -0.1) is 11.3 Å². The summed E-state index contributed by atoms with van der Waals surface area (Å²) in [6.07, 6.45) is 0.680. The monoisotopic (exact) mass is 351 g/mol. The summed E-state index contributed by atoms with van der Waals surface area (Å²) in [6, 6.07) is 3.97. The van der Waals surface area contributed by atoms with Crippen LogP contribution in [0.2, 0.25) is 0 Å². The summed E-state index contributed by atoms with van der Waals surface area (Å²) in [6.45, 7) is 3.11. The Bertz CT molecular complexity index is 836. The Morgan fingerprint density at radius 3 is 2.67 bits per heavy atom. The van der Waals surface area contributed by atoms with Crippen LogP contribution >= 0.6 is 11.3 Å². The van der Waals surface area contributed by atoms with Crippen LogP contribution in [-0.2, 0) is 20.1 Å². The summed E-state index contributed by atoms with van der Waals surface area (Å²) in [5.41, 5.74) is 4.77. The molecule has 2 heterocycles. The van der Waals surface area contributed by atoms with Crippen molar-refractivity contribution in [2.24, 2.45) is 7.05 Å². The number of ketones is 1. The van der Waals surface area contributed by atoms with Gasteiger partial charge in [0, 0.05) is 13.6 Å². The van der Waals surface area contributed by atoms with Crippen LogP contribution in [0.3, 0.4) is 0 Å². The van der Waals surface area contributed by atoms with Gasteiger partial charge in [-0.1, -0.05) is 13.0 Å². The first-order valence-corrected chi connectivity index (χ1v) is 8.71. The molecule has 24 heavy (non-hydrogen) atoms. The number of anilines is 1. The molecule has 0 radical (unpaired) electrons. The Kier molecular flexibility index (Phi) is 5.74. The molecule has 3 N–H and O–H groups in total. The number of rotatable bonds is 7. The largest absolute Gasteiger partial charge is 0.384 e. The first-order valence-electron chi connectivity index (χ1n) is 7.83. The van der Waals surface area contributed by atoms with Gasteiger partial charge in [-0.2, -0.15) is 0 Å². The number of nitrogen functional groups attached to an aromatic ring is 1. The fourth-order valence-corrected chi connectivity index (χ4v) is 3.44. The van der Waals surface area contributed by atoms with Gasteiger partial charge in [0.2, 0.25) is 5.78 Å². The Hall–Kier alpha value is -2.19. The number of nitrogens with one attached hydrogen (secondary N) is 1. The lowest BCUT2D eigenvalue weighted by atomic mass is 10.1. The molecule has 1 unspecified atom stereocenters. The maximum atomic E-state index is 12.6. The third-order valence-corrected chi connectivity index (χ3v) is 4.70. The van der Waals surface area contributed by atoms with Crippen LogP contribution in [0.25, 0.3) is 0 Å². The Labute approximate surface area is 143 Å². The predicted octanol–water partition coefficient (Wildman–Crippen LogP) is -0.502.